The molecule has 0 fully saturated rings. The van der Waals surface area contributed by atoms with E-state index >= 15 is 0 Å². The molecule has 0 bridgehead atoms. The summed E-state index contributed by atoms with van der Waals surface area (Å²) in [4.78, 5) is 4.78. The SMILES string of the molecule is [2H]c1c([2H])c([2H])c2c(c1[2H])c1c([2H])c([2H])c([2H])c([2H])c1n2-c1cc2c3c(c1)N(c1c(-c4ccccc4)cccc1-c1ccccc1)c1ccc(-c4cccc5oc6ccccc6c45)cc1B3c1cc(-c3cccc4oc5ccccc5c34)ccc1N2c1c(-c2ccccc2)cccc1-c1ccccc1. The Kier molecular flexibility index (Phi) is 10.4. The lowest BCUT2D eigenvalue weighted by Gasteiger charge is -2.46. The Morgan fingerprint density at radius 2 is 0.635 bits per heavy atom. The van der Waals surface area contributed by atoms with E-state index in [9.17, 15) is 11.0 Å². The number of hydrogen-bond acceptors (Lipinski definition) is 4. The number of aromatic nitrogens is 1. The van der Waals surface area contributed by atoms with Gasteiger partial charge in [0.2, 0.25) is 0 Å². The van der Waals surface area contributed by atoms with Crippen molar-refractivity contribution in [3.05, 3.63) is 340 Å². The van der Waals surface area contributed by atoms with Crippen molar-refractivity contribution >= 4 is 123 Å². The van der Waals surface area contributed by atoms with Gasteiger partial charge in [-0.25, -0.2) is 0 Å². The van der Waals surface area contributed by atoms with Gasteiger partial charge < -0.3 is 23.2 Å². The van der Waals surface area contributed by atoms with E-state index in [1.807, 2.05) is 60.7 Å². The van der Waals surface area contributed by atoms with Gasteiger partial charge in [-0.3, -0.25) is 0 Å². The first-order valence-corrected chi connectivity index (χ1v) is 32.3. The molecule has 6 heteroatoms. The summed E-state index contributed by atoms with van der Waals surface area (Å²) < 4.78 is 91.8. The molecule has 5 nitrogen and oxygen atoms in total. The third-order valence-electron chi connectivity index (χ3n) is 19.6. The largest absolute Gasteiger partial charge is 0.456 e. The highest BCUT2D eigenvalue weighted by atomic mass is 16.3. The minimum atomic E-state index is -0.590. The van der Waals surface area contributed by atoms with Gasteiger partial charge in [-0.15, -0.1) is 0 Å². The van der Waals surface area contributed by atoms with Crippen LogP contribution in [0.25, 0.3) is 138 Å². The van der Waals surface area contributed by atoms with Crippen molar-refractivity contribution in [2.24, 2.45) is 0 Å². The van der Waals surface area contributed by atoms with Gasteiger partial charge >= 0.3 is 0 Å². The van der Waals surface area contributed by atoms with Crippen LogP contribution < -0.4 is 26.2 Å². The fraction of sp³-hybridized carbons (Fsp3) is 0. The molecule has 20 rings (SSSR count). The van der Waals surface area contributed by atoms with Crippen LogP contribution in [0.15, 0.2) is 348 Å². The zero-order chi connectivity index (χ0) is 69.9. The second kappa shape index (κ2) is 21.5. The summed E-state index contributed by atoms with van der Waals surface area (Å²) in [5, 5.41) is 3.94. The molecule has 5 heterocycles. The van der Waals surface area contributed by atoms with Crippen molar-refractivity contribution in [2.45, 2.75) is 0 Å². The number of furan rings is 2. The number of anilines is 6. The van der Waals surface area contributed by atoms with Crippen LogP contribution in [0.2, 0.25) is 0 Å². The summed E-state index contributed by atoms with van der Waals surface area (Å²) >= 11 is 0. The van der Waals surface area contributed by atoms with Crippen LogP contribution in [0.1, 0.15) is 11.0 Å². The molecule has 0 atom stereocenters. The predicted molar refractivity (Wildman–Crippen MR) is 402 cm³/mol. The molecular formula is C90H56BN3O2. The maximum Gasteiger partial charge on any atom is 0.252 e. The van der Waals surface area contributed by atoms with E-state index in [0.717, 1.165) is 150 Å². The Balaban J connectivity index is 1.01. The first-order valence-electron chi connectivity index (χ1n) is 36.3. The van der Waals surface area contributed by atoms with Gasteiger partial charge in [0.25, 0.3) is 6.71 Å². The van der Waals surface area contributed by atoms with E-state index in [-0.39, 0.29) is 21.8 Å². The molecule has 3 aromatic heterocycles. The molecule has 0 unspecified atom stereocenters. The Hall–Kier alpha value is -12.6. The number of hydrogen-bond donors (Lipinski definition) is 0. The Bertz CT molecular complexity index is 6170. The molecule has 2 aliphatic rings. The zero-order valence-corrected chi connectivity index (χ0v) is 51.4. The third kappa shape index (κ3) is 8.19. The first-order chi connectivity index (χ1) is 51.0. The van der Waals surface area contributed by atoms with E-state index in [0.29, 0.717) is 17.1 Å². The minimum Gasteiger partial charge on any atom is -0.456 e. The monoisotopic (exact) mass is 1230 g/mol. The summed E-state index contributed by atoms with van der Waals surface area (Å²) in [6.07, 6.45) is 0. The first kappa shape index (κ1) is 46.4. The van der Waals surface area contributed by atoms with Crippen molar-refractivity contribution in [1.82, 2.24) is 4.57 Å². The number of fused-ring (bicyclic) bond motifs is 13. The van der Waals surface area contributed by atoms with Crippen molar-refractivity contribution in [2.75, 3.05) is 9.80 Å². The number of nitrogens with zero attached hydrogens (tertiary/aromatic N) is 3. The van der Waals surface area contributed by atoms with Crippen LogP contribution in [-0.2, 0) is 0 Å². The van der Waals surface area contributed by atoms with Crippen LogP contribution in [-0.4, -0.2) is 11.3 Å². The average Bonchev–Trinajstić information content (AvgIpc) is 1.13. The molecule has 0 saturated carbocycles. The summed E-state index contributed by atoms with van der Waals surface area (Å²) in [6, 6.07) is 97.7. The van der Waals surface area contributed by atoms with Gasteiger partial charge in [-0.2, -0.15) is 0 Å². The fourth-order valence-corrected chi connectivity index (χ4v) is 15.6. The maximum atomic E-state index is 10.1. The van der Waals surface area contributed by atoms with Crippen molar-refractivity contribution < 1.29 is 19.8 Å². The molecule has 0 spiro atoms. The van der Waals surface area contributed by atoms with E-state index in [1.54, 1.807) is 4.57 Å². The topological polar surface area (TPSA) is 37.7 Å². The highest BCUT2D eigenvalue weighted by Crippen LogP contribution is 2.54. The third-order valence-corrected chi connectivity index (χ3v) is 19.6. The lowest BCUT2D eigenvalue weighted by atomic mass is 9.33. The molecule has 446 valence electrons. The highest BCUT2D eigenvalue weighted by molar-refractivity contribution is 7.00. The van der Waals surface area contributed by atoms with Crippen molar-refractivity contribution in [3.63, 3.8) is 0 Å². The van der Waals surface area contributed by atoms with Crippen LogP contribution in [0.3, 0.4) is 0 Å². The van der Waals surface area contributed by atoms with Gasteiger partial charge in [-0.1, -0.05) is 279 Å². The second-order valence-corrected chi connectivity index (χ2v) is 24.8. The molecule has 96 heavy (non-hydrogen) atoms. The fourth-order valence-electron chi connectivity index (χ4n) is 15.6. The highest BCUT2D eigenvalue weighted by Gasteiger charge is 2.46. The van der Waals surface area contributed by atoms with Crippen LogP contribution >= 0.6 is 0 Å². The van der Waals surface area contributed by atoms with Gasteiger partial charge in [0, 0.05) is 77.3 Å². The van der Waals surface area contributed by atoms with Crippen LogP contribution in [0, 0.1) is 0 Å². The van der Waals surface area contributed by atoms with Gasteiger partial charge in [0.1, 0.15) is 22.3 Å². The quantitative estimate of drug-likeness (QED) is 0.135. The number of benzene rings is 15. The molecule has 0 amide bonds. The molecule has 0 saturated heterocycles. The Morgan fingerprint density at radius 3 is 1.05 bits per heavy atom. The number of rotatable bonds is 9. The molecule has 0 radical (unpaired) electrons. The van der Waals surface area contributed by atoms with Gasteiger partial charge in [-0.05, 0) is 122 Å². The van der Waals surface area contributed by atoms with E-state index in [4.69, 9.17) is 8.83 Å². The maximum absolute atomic E-state index is 10.1. The van der Waals surface area contributed by atoms with Crippen molar-refractivity contribution in [1.29, 1.82) is 0 Å². The average molecular weight is 1230 g/mol. The summed E-state index contributed by atoms with van der Waals surface area (Å²) in [5.74, 6) is 0. The van der Waals surface area contributed by atoms with Crippen molar-refractivity contribution in [3.8, 4) is 72.4 Å². The standard InChI is InChI=1S/C90H56BN3O2/c1-5-25-57(26-6-1)66-39-21-40-67(58-27-7-2-8-28-58)89(66)93-78-51-49-61(64-37-23-47-84-86(64)72-35-15-19-45-82(72)95-84)53-74(78)91-75-54-62(65-38-24-48-85-87(65)73-36-16-20-46-83(73)96-85)50-52-79(75)94(90-68(59-29-9-3-10-30-59)41-22-42-69(90)60-31-11-4-12-32-60)81-56-63(55-80(93)88(81)91)92-76-43-17-13-33-70(76)71-34-14-18-44-77(71)92/h1-56H/i13D,14D,17D,18D,33D,34D,43D,44D. The number of para-hydroxylation sites is 6. The van der Waals surface area contributed by atoms with Gasteiger partial charge in [0.05, 0.1) is 39.1 Å². The molecule has 2 aliphatic heterocycles. The smallest absolute Gasteiger partial charge is 0.252 e. The lowest BCUT2D eigenvalue weighted by Crippen LogP contribution is -2.61. The van der Waals surface area contributed by atoms with Crippen LogP contribution in [0.4, 0.5) is 34.1 Å². The predicted octanol–water partition coefficient (Wildman–Crippen LogP) is 22.7. The lowest BCUT2D eigenvalue weighted by molar-refractivity contribution is 0.668. The molecule has 0 aliphatic carbocycles. The molecule has 15 aromatic carbocycles. The molecule has 18 aromatic rings. The van der Waals surface area contributed by atoms with Gasteiger partial charge in [0.15, 0.2) is 0 Å². The molecule has 0 N–H and O–H groups in total. The van der Waals surface area contributed by atoms with E-state index < -0.39 is 55.1 Å². The second-order valence-electron chi connectivity index (χ2n) is 24.8. The minimum absolute atomic E-state index is 0.00714. The van der Waals surface area contributed by atoms with Crippen LogP contribution in [0.5, 0.6) is 0 Å². The Labute approximate surface area is 566 Å². The molecular weight excluding hydrogens is 1170 g/mol. The zero-order valence-electron chi connectivity index (χ0n) is 59.4. The summed E-state index contributed by atoms with van der Waals surface area (Å²) in [5.41, 5.74) is 22.7. The summed E-state index contributed by atoms with van der Waals surface area (Å²) in [6.45, 7) is -0.590. The Morgan fingerprint density at radius 1 is 0.281 bits per heavy atom. The normalized spacial score (nSPS) is 13.7. The van der Waals surface area contributed by atoms with E-state index in [2.05, 4.69) is 240 Å². The van der Waals surface area contributed by atoms with E-state index in [1.165, 1.54) is 0 Å². The summed E-state index contributed by atoms with van der Waals surface area (Å²) in [7, 11) is 0.